The topological polar surface area (TPSA) is 69.2 Å². The molecule has 1 heterocycles. The molecule has 2 aromatic rings. The third-order valence-corrected chi connectivity index (χ3v) is 6.95. The maximum absolute atomic E-state index is 12.0. The van der Waals surface area contributed by atoms with Crippen molar-refractivity contribution in [2.75, 3.05) is 28.4 Å². The number of hydrogen-bond donors (Lipinski definition) is 2. The van der Waals surface area contributed by atoms with Crippen molar-refractivity contribution in [2.24, 2.45) is 11.8 Å². The highest BCUT2D eigenvalue weighted by Gasteiger charge is 2.51. The molecule has 1 saturated heterocycles. The standard InChI is InChI=1S/C26H35NO5/c1-8-13-26(28)16(2)24(20-14-18(29-4)9-11-22(20)31-6)27-25(17(26)3)21-15-19(30-5)10-12-23(21)32-7/h8-12,14-17,24-25,27-28H,1,13H2,2-7H3/t16-,17-,24-,25+,26?/m1/s1. The van der Waals surface area contributed by atoms with Gasteiger partial charge in [0.05, 0.1) is 34.0 Å². The summed E-state index contributed by atoms with van der Waals surface area (Å²) >= 11 is 0. The van der Waals surface area contributed by atoms with Crippen LogP contribution in [0.2, 0.25) is 0 Å². The lowest BCUT2D eigenvalue weighted by Gasteiger charge is -2.52. The second-order valence-corrected chi connectivity index (χ2v) is 8.40. The van der Waals surface area contributed by atoms with Crippen LogP contribution in [0.4, 0.5) is 0 Å². The van der Waals surface area contributed by atoms with E-state index in [1.54, 1.807) is 34.5 Å². The Bertz CT molecular complexity index is 876. The van der Waals surface area contributed by atoms with Gasteiger partial charge in [0.1, 0.15) is 23.0 Å². The molecular weight excluding hydrogens is 406 g/mol. The molecule has 0 amide bonds. The molecule has 1 aliphatic rings. The van der Waals surface area contributed by atoms with Crippen LogP contribution >= 0.6 is 0 Å². The molecule has 0 aromatic heterocycles. The Morgan fingerprint density at radius 1 is 0.844 bits per heavy atom. The lowest BCUT2D eigenvalue weighted by Crippen LogP contribution is -2.57. The molecule has 0 radical (unpaired) electrons. The summed E-state index contributed by atoms with van der Waals surface area (Å²) in [6.07, 6.45) is 2.25. The lowest BCUT2D eigenvalue weighted by molar-refractivity contribution is -0.108. The smallest absolute Gasteiger partial charge is 0.123 e. The van der Waals surface area contributed by atoms with E-state index in [1.807, 2.05) is 36.4 Å². The van der Waals surface area contributed by atoms with Gasteiger partial charge < -0.3 is 29.4 Å². The van der Waals surface area contributed by atoms with E-state index < -0.39 is 5.60 Å². The zero-order valence-electron chi connectivity index (χ0n) is 19.8. The summed E-state index contributed by atoms with van der Waals surface area (Å²) in [5, 5.41) is 15.8. The fourth-order valence-electron chi connectivity index (χ4n) is 4.96. The number of rotatable bonds is 8. The molecule has 2 N–H and O–H groups in total. The Balaban J connectivity index is 2.18. The predicted octanol–water partition coefficient (Wildman–Crippen LogP) is 4.69. The van der Waals surface area contributed by atoms with Crippen molar-refractivity contribution in [1.29, 1.82) is 0 Å². The predicted molar refractivity (Wildman–Crippen MR) is 126 cm³/mol. The molecule has 1 aliphatic heterocycles. The minimum Gasteiger partial charge on any atom is -0.497 e. The second-order valence-electron chi connectivity index (χ2n) is 8.40. The quantitative estimate of drug-likeness (QED) is 0.580. The molecule has 0 spiro atoms. The van der Waals surface area contributed by atoms with E-state index >= 15 is 0 Å². The lowest BCUT2D eigenvalue weighted by atomic mass is 9.64. The van der Waals surface area contributed by atoms with Crippen molar-refractivity contribution in [2.45, 2.75) is 38.0 Å². The fourth-order valence-corrected chi connectivity index (χ4v) is 4.96. The molecule has 174 valence electrons. The third kappa shape index (κ3) is 4.17. The summed E-state index contributed by atoms with van der Waals surface area (Å²) in [4.78, 5) is 0. The monoisotopic (exact) mass is 441 g/mol. The molecule has 1 unspecified atom stereocenters. The molecule has 5 atom stereocenters. The van der Waals surface area contributed by atoms with Gasteiger partial charge in [-0.1, -0.05) is 19.9 Å². The van der Waals surface area contributed by atoms with Crippen LogP contribution in [0.25, 0.3) is 0 Å². The van der Waals surface area contributed by atoms with E-state index in [9.17, 15) is 5.11 Å². The van der Waals surface area contributed by atoms with Crippen LogP contribution in [0.15, 0.2) is 49.1 Å². The van der Waals surface area contributed by atoms with E-state index in [2.05, 4.69) is 25.7 Å². The molecule has 6 heteroatoms. The van der Waals surface area contributed by atoms with Crippen LogP contribution in [0.5, 0.6) is 23.0 Å². The zero-order valence-corrected chi connectivity index (χ0v) is 19.8. The van der Waals surface area contributed by atoms with Gasteiger partial charge in [-0.3, -0.25) is 0 Å². The summed E-state index contributed by atoms with van der Waals surface area (Å²) in [5.74, 6) is 2.67. The van der Waals surface area contributed by atoms with Crippen LogP contribution in [-0.2, 0) is 0 Å². The maximum Gasteiger partial charge on any atom is 0.123 e. The Labute approximate surface area is 191 Å². The summed E-state index contributed by atoms with van der Waals surface area (Å²) in [5.41, 5.74) is 0.853. The minimum atomic E-state index is -1.01. The second kappa shape index (κ2) is 9.84. The van der Waals surface area contributed by atoms with Gasteiger partial charge in [0.25, 0.3) is 0 Å². The van der Waals surface area contributed by atoms with Gasteiger partial charge in [-0.05, 0) is 42.8 Å². The van der Waals surface area contributed by atoms with Gasteiger partial charge in [0, 0.05) is 35.0 Å². The van der Waals surface area contributed by atoms with Crippen LogP contribution in [0.1, 0.15) is 43.5 Å². The maximum atomic E-state index is 12.0. The van der Waals surface area contributed by atoms with Crippen molar-refractivity contribution in [3.05, 3.63) is 60.2 Å². The number of nitrogens with one attached hydrogen (secondary N) is 1. The zero-order chi connectivity index (χ0) is 23.5. The SMILES string of the molecule is C=CCC1(O)[C@H](C)[C@@H](c2cc(OC)ccc2OC)N[C@@H](c2cc(OC)ccc2OC)[C@H]1C. The van der Waals surface area contributed by atoms with Crippen LogP contribution in [-0.4, -0.2) is 39.1 Å². The van der Waals surface area contributed by atoms with Crippen LogP contribution < -0.4 is 24.3 Å². The molecule has 3 rings (SSSR count). The highest BCUT2D eigenvalue weighted by atomic mass is 16.5. The van der Waals surface area contributed by atoms with Crippen LogP contribution in [0, 0.1) is 11.8 Å². The average Bonchev–Trinajstić information content (AvgIpc) is 2.82. The summed E-state index contributed by atoms with van der Waals surface area (Å²) in [6, 6.07) is 11.1. The summed E-state index contributed by atoms with van der Waals surface area (Å²) in [7, 11) is 6.59. The molecule has 0 aliphatic carbocycles. The molecular formula is C26H35NO5. The first-order valence-electron chi connectivity index (χ1n) is 10.9. The highest BCUT2D eigenvalue weighted by molar-refractivity contribution is 5.46. The molecule has 6 nitrogen and oxygen atoms in total. The molecule has 32 heavy (non-hydrogen) atoms. The number of ether oxygens (including phenoxy) is 4. The molecule has 0 bridgehead atoms. The van der Waals surface area contributed by atoms with Crippen molar-refractivity contribution >= 4 is 0 Å². The van der Waals surface area contributed by atoms with Crippen LogP contribution in [0.3, 0.4) is 0 Å². The van der Waals surface area contributed by atoms with Crippen molar-refractivity contribution in [1.82, 2.24) is 5.32 Å². The third-order valence-electron chi connectivity index (χ3n) is 6.95. The molecule has 1 fully saturated rings. The largest absolute Gasteiger partial charge is 0.497 e. The number of benzene rings is 2. The Hall–Kier alpha value is -2.70. The van der Waals surface area contributed by atoms with Gasteiger partial charge >= 0.3 is 0 Å². The Morgan fingerprint density at radius 2 is 1.28 bits per heavy atom. The molecule has 2 aromatic carbocycles. The number of hydrogen-bond acceptors (Lipinski definition) is 6. The Morgan fingerprint density at radius 3 is 1.62 bits per heavy atom. The first kappa shape index (κ1) is 24.0. The average molecular weight is 442 g/mol. The van der Waals surface area contributed by atoms with E-state index in [1.165, 1.54) is 0 Å². The van der Waals surface area contributed by atoms with Crippen molar-refractivity contribution < 1.29 is 24.1 Å². The van der Waals surface area contributed by atoms with Gasteiger partial charge in [-0.2, -0.15) is 0 Å². The van der Waals surface area contributed by atoms with Crippen molar-refractivity contribution in [3.8, 4) is 23.0 Å². The van der Waals surface area contributed by atoms with E-state index in [-0.39, 0.29) is 23.9 Å². The normalized spacial score (nSPS) is 27.5. The van der Waals surface area contributed by atoms with Crippen molar-refractivity contribution in [3.63, 3.8) is 0 Å². The Kier molecular flexibility index (Phi) is 7.36. The molecule has 0 saturated carbocycles. The van der Waals surface area contributed by atoms with E-state index in [0.717, 1.165) is 34.1 Å². The summed E-state index contributed by atoms with van der Waals surface area (Å²) in [6.45, 7) is 8.05. The minimum absolute atomic E-state index is 0.135. The summed E-state index contributed by atoms with van der Waals surface area (Å²) < 4.78 is 22.3. The number of aliphatic hydroxyl groups is 1. The first-order chi connectivity index (χ1) is 15.3. The highest BCUT2D eigenvalue weighted by Crippen LogP contribution is 2.51. The van der Waals surface area contributed by atoms with E-state index in [4.69, 9.17) is 18.9 Å². The fraction of sp³-hybridized carbons (Fsp3) is 0.462. The van der Waals surface area contributed by atoms with E-state index in [0.29, 0.717) is 6.42 Å². The first-order valence-corrected chi connectivity index (χ1v) is 10.9. The van der Waals surface area contributed by atoms with Gasteiger partial charge in [-0.25, -0.2) is 0 Å². The van der Waals surface area contributed by atoms with Gasteiger partial charge in [0.2, 0.25) is 0 Å². The number of piperidine rings is 1. The van der Waals surface area contributed by atoms with Gasteiger partial charge in [0.15, 0.2) is 0 Å². The van der Waals surface area contributed by atoms with Gasteiger partial charge in [-0.15, -0.1) is 6.58 Å². The number of methoxy groups -OCH3 is 4.